The van der Waals surface area contributed by atoms with Gasteiger partial charge in [0.05, 0.1) is 18.3 Å². The molecule has 0 amide bonds. The fourth-order valence-electron chi connectivity index (χ4n) is 4.88. The Morgan fingerprint density at radius 2 is 1.85 bits per heavy atom. The molecule has 0 bridgehead atoms. The van der Waals surface area contributed by atoms with Gasteiger partial charge in [0.25, 0.3) is 0 Å². The van der Waals surface area contributed by atoms with Gasteiger partial charge in [0.2, 0.25) is 0 Å². The maximum atomic E-state index is 6.58. The van der Waals surface area contributed by atoms with Gasteiger partial charge in [0.15, 0.2) is 0 Å². The lowest BCUT2D eigenvalue weighted by atomic mass is 9.98. The second-order valence-corrected chi connectivity index (χ2v) is 9.30. The number of hydrogen-bond donors (Lipinski definition) is 1. The zero-order valence-electron chi connectivity index (χ0n) is 19.8. The highest BCUT2D eigenvalue weighted by atomic mass is 16.5. The van der Waals surface area contributed by atoms with Crippen molar-refractivity contribution in [2.45, 2.75) is 45.6 Å². The minimum atomic E-state index is 0.544. The van der Waals surface area contributed by atoms with E-state index in [1.54, 1.807) is 0 Å². The van der Waals surface area contributed by atoms with E-state index in [4.69, 9.17) is 9.72 Å². The SMILES string of the molecule is Cc1cc(C)cc(-c2cnc3ccc(-c4cnn(C)c4)cc3c2OCC[C@H]2CCCCN2)c1. The third-order valence-corrected chi connectivity index (χ3v) is 6.51. The van der Waals surface area contributed by atoms with Gasteiger partial charge in [-0.3, -0.25) is 9.67 Å². The molecule has 0 radical (unpaired) electrons. The molecule has 0 unspecified atom stereocenters. The Bertz CT molecular complexity index is 1250. The Balaban J connectivity index is 1.57. The smallest absolute Gasteiger partial charge is 0.138 e. The van der Waals surface area contributed by atoms with Crippen molar-refractivity contribution >= 4 is 10.9 Å². The number of ether oxygens (including phenoxy) is 1. The van der Waals surface area contributed by atoms with Crippen LogP contribution in [0.5, 0.6) is 5.75 Å². The van der Waals surface area contributed by atoms with Crippen LogP contribution < -0.4 is 10.1 Å². The summed E-state index contributed by atoms with van der Waals surface area (Å²) in [4.78, 5) is 4.80. The van der Waals surface area contributed by atoms with E-state index in [0.29, 0.717) is 12.6 Å². The molecule has 0 spiro atoms. The van der Waals surface area contributed by atoms with Gasteiger partial charge in [-0.15, -0.1) is 0 Å². The number of rotatable bonds is 6. The summed E-state index contributed by atoms with van der Waals surface area (Å²) in [6.45, 7) is 6.08. The van der Waals surface area contributed by atoms with E-state index in [1.807, 2.05) is 30.3 Å². The number of pyridine rings is 1. The molecule has 0 saturated carbocycles. The largest absolute Gasteiger partial charge is 0.492 e. The van der Waals surface area contributed by atoms with Crippen LogP contribution in [0, 0.1) is 13.8 Å². The first-order chi connectivity index (χ1) is 16.1. The molecule has 4 aromatic rings. The van der Waals surface area contributed by atoms with Gasteiger partial charge in [-0.05, 0) is 62.9 Å². The predicted octanol–water partition coefficient (Wildman–Crippen LogP) is 5.83. The molecule has 5 rings (SSSR count). The summed E-state index contributed by atoms with van der Waals surface area (Å²) in [6, 6.07) is 13.6. The van der Waals surface area contributed by atoms with E-state index < -0.39 is 0 Å². The predicted molar refractivity (Wildman–Crippen MR) is 135 cm³/mol. The van der Waals surface area contributed by atoms with Crippen LogP contribution in [-0.4, -0.2) is 34.0 Å². The number of hydrogen-bond acceptors (Lipinski definition) is 4. The Hall–Kier alpha value is -3.18. The van der Waals surface area contributed by atoms with E-state index in [1.165, 1.54) is 30.4 Å². The van der Waals surface area contributed by atoms with Crippen LogP contribution in [0.4, 0.5) is 0 Å². The van der Waals surface area contributed by atoms with E-state index in [0.717, 1.165) is 51.9 Å². The normalized spacial score (nSPS) is 16.3. The monoisotopic (exact) mass is 440 g/mol. The van der Waals surface area contributed by atoms with Gasteiger partial charge in [-0.1, -0.05) is 41.8 Å². The first kappa shape index (κ1) is 21.7. The molecule has 5 nitrogen and oxygen atoms in total. The lowest BCUT2D eigenvalue weighted by Gasteiger charge is -2.24. The molecular weight excluding hydrogens is 408 g/mol. The number of fused-ring (bicyclic) bond motifs is 1. The van der Waals surface area contributed by atoms with Crippen LogP contribution in [0.15, 0.2) is 55.0 Å². The maximum Gasteiger partial charge on any atom is 0.138 e. The van der Waals surface area contributed by atoms with E-state index in [2.05, 4.69) is 60.7 Å². The van der Waals surface area contributed by atoms with Crippen molar-refractivity contribution in [3.63, 3.8) is 0 Å². The highest BCUT2D eigenvalue weighted by Crippen LogP contribution is 2.38. The third kappa shape index (κ3) is 4.79. The molecule has 1 aliphatic heterocycles. The Morgan fingerprint density at radius 3 is 2.58 bits per heavy atom. The van der Waals surface area contributed by atoms with Gasteiger partial charge < -0.3 is 10.1 Å². The van der Waals surface area contributed by atoms with E-state index in [9.17, 15) is 0 Å². The number of aryl methyl sites for hydroxylation is 3. The summed E-state index contributed by atoms with van der Waals surface area (Å²) < 4.78 is 8.41. The molecule has 5 heteroatoms. The molecule has 1 N–H and O–H groups in total. The number of benzene rings is 2. The van der Waals surface area contributed by atoms with Crippen LogP contribution in [0.2, 0.25) is 0 Å². The third-order valence-electron chi connectivity index (χ3n) is 6.51. The average Bonchev–Trinajstić information content (AvgIpc) is 3.25. The van der Waals surface area contributed by atoms with Crippen molar-refractivity contribution in [2.75, 3.05) is 13.2 Å². The van der Waals surface area contributed by atoms with Gasteiger partial charge in [-0.25, -0.2) is 0 Å². The summed E-state index contributed by atoms with van der Waals surface area (Å²) in [5.41, 5.74) is 7.84. The summed E-state index contributed by atoms with van der Waals surface area (Å²) >= 11 is 0. The van der Waals surface area contributed by atoms with Gasteiger partial charge in [-0.2, -0.15) is 5.10 Å². The van der Waals surface area contributed by atoms with E-state index in [-0.39, 0.29) is 0 Å². The molecular formula is C28H32N4O. The first-order valence-electron chi connectivity index (χ1n) is 11.9. The van der Waals surface area contributed by atoms with Crippen LogP contribution in [0.1, 0.15) is 36.8 Å². The van der Waals surface area contributed by atoms with Crippen molar-refractivity contribution < 1.29 is 4.74 Å². The molecule has 170 valence electrons. The lowest BCUT2D eigenvalue weighted by Crippen LogP contribution is -2.35. The van der Waals surface area contributed by atoms with Crippen molar-refractivity contribution in [2.24, 2.45) is 7.05 Å². The maximum absolute atomic E-state index is 6.58. The highest BCUT2D eigenvalue weighted by molar-refractivity contribution is 5.95. The molecule has 0 aliphatic carbocycles. The van der Waals surface area contributed by atoms with E-state index >= 15 is 0 Å². The number of nitrogens with one attached hydrogen (secondary N) is 1. The average molecular weight is 441 g/mol. The zero-order chi connectivity index (χ0) is 22.8. The number of piperidine rings is 1. The van der Waals surface area contributed by atoms with Crippen LogP contribution in [-0.2, 0) is 7.05 Å². The Kier molecular flexibility index (Phi) is 6.14. The number of nitrogens with zero attached hydrogens (tertiary/aromatic N) is 3. The molecule has 1 atom stereocenters. The quantitative estimate of drug-likeness (QED) is 0.410. The molecule has 2 aromatic heterocycles. The van der Waals surface area contributed by atoms with Gasteiger partial charge in [0.1, 0.15) is 5.75 Å². The minimum absolute atomic E-state index is 0.544. The zero-order valence-corrected chi connectivity index (χ0v) is 19.8. The Labute approximate surface area is 195 Å². The van der Waals surface area contributed by atoms with Crippen LogP contribution >= 0.6 is 0 Å². The summed E-state index contributed by atoms with van der Waals surface area (Å²) in [7, 11) is 1.94. The molecule has 3 heterocycles. The Morgan fingerprint density at radius 1 is 1.00 bits per heavy atom. The lowest BCUT2D eigenvalue weighted by molar-refractivity contribution is 0.271. The fourth-order valence-corrected chi connectivity index (χ4v) is 4.88. The van der Waals surface area contributed by atoms with Crippen molar-refractivity contribution in [3.8, 4) is 28.0 Å². The molecule has 33 heavy (non-hydrogen) atoms. The molecule has 1 fully saturated rings. The second-order valence-electron chi connectivity index (χ2n) is 9.30. The molecule has 1 aliphatic rings. The summed E-state index contributed by atoms with van der Waals surface area (Å²) in [6.07, 6.45) is 10.7. The van der Waals surface area contributed by atoms with Crippen LogP contribution in [0.3, 0.4) is 0 Å². The first-order valence-corrected chi connectivity index (χ1v) is 11.9. The van der Waals surface area contributed by atoms with Crippen molar-refractivity contribution in [1.82, 2.24) is 20.1 Å². The minimum Gasteiger partial charge on any atom is -0.492 e. The number of aromatic nitrogens is 3. The highest BCUT2D eigenvalue weighted by Gasteiger charge is 2.17. The topological polar surface area (TPSA) is 52.0 Å². The van der Waals surface area contributed by atoms with Crippen molar-refractivity contribution in [1.29, 1.82) is 0 Å². The second kappa shape index (κ2) is 9.36. The molecule has 2 aromatic carbocycles. The molecule has 1 saturated heterocycles. The van der Waals surface area contributed by atoms with Gasteiger partial charge in [0, 0.05) is 42.0 Å². The van der Waals surface area contributed by atoms with Crippen molar-refractivity contribution in [3.05, 3.63) is 66.1 Å². The summed E-state index contributed by atoms with van der Waals surface area (Å²) in [5.74, 6) is 0.923. The standard InChI is InChI=1S/C28H32N4O/c1-19-12-20(2)14-22(13-19)26-17-30-27-8-7-21(23-16-31-32(3)18-23)15-25(27)28(26)33-11-9-24-6-4-5-10-29-24/h7-8,12-18,24,29H,4-6,9-11H2,1-3H3/t24-/m1/s1. The van der Waals surface area contributed by atoms with Crippen LogP contribution in [0.25, 0.3) is 33.2 Å². The summed E-state index contributed by atoms with van der Waals surface area (Å²) in [5, 5.41) is 9.03. The fraction of sp³-hybridized carbons (Fsp3) is 0.357. The van der Waals surface area contributed by atoms with Gasteiger partial charge >= 0.3 is 0 Å².